The van der Waals surface area contributed by atoms with Crippen LogP contribution >= 0.6 is 0 Å². The molecule has 1 N–H and O–H groups in total. The minimum Gasteiger partial charge on any atom is -0.307 e. The minimum absolute atomic E-state index is 0.128. The van der Waals surface area contributed by atoms with Crippen molar-refractivity contribution in [2.75, 3.05) is 6.54 Å². The first-order valence-electron chi connectivity index (χ1n) is 4.25. The van der Waals surface area contributed by atoms with Crippen molar-refractivity contribution in [2.24, 2.45) is 5.41 Å². The van der Waals surface area contributed by atoms with Crippen LogP contribution < -0.4 is 5.32 Å². The van der Waals surface area contributed by atoms with E-state index in [0.717, 1.165) is 19.4 Å². The van der Waals surface area contributed by atoms with Gasteiger partial charge in [0.15, 0.2) is 0 Å². The van der Waals surface area contributed by atoms with Gasteiger partial charge in [0.25, 0.3) is 0 Å². The van der Waals surface area contributed by atoms with Crippen molar-refractivity contribution in [2.45, 2.75) is 39.7 Å². The third-order valence-electron chi connectivity index (χ3n) is 2.43. The molecule has 1 fully saturated rings. The van der Waals surface area contributed by atoms with Crippen LogP contribution in [0, 0.1) is 5.41 Å². The van der Waals surface area contributed by atoms with Gasteiger partial charge in [-0.3, -0.25) is 4.79 Å². The van der Waals surface area contributed by atoms with Crippen LogP contribution in [0.3, 0.4) is 0 Å². The highest BCUT2D eigenvalue weighted by atomic mass is 16.1. The maximum absolute atomic E-state index is 10.9. The molecule has 2 nitrogen and oxygen atoms in total. The molecule has 1 unspecified atom stereocenters. The molecule has 0 saturated carbocycles. The number of Topliss-reactive ketones (excluding diaryl/α,β-unsaturated/α-hetero) is 1. The van der Waals surface area contributed by atoms with Gasteiger partial charge in [-0.05, 0) is 25.2 Å². The van der Waals surface area contributed by atoms with Crippen LogP contribution in [-0.4, -0.2) is 18.4 Å². The Kier molecular flexibility index (Phi) is 2.33. The van der Waals surface area contributed by atoms with Crippen molar-refractivity contribution < 1.29 is 4.79 Å². The van der Waals surface area contributed by atoms with Gasteiger partial charge in [-0.25, -0.2) is 0 Å². The van der Waals surface area contributed by atoms with Gasteiger partial charge in [0, 0.05) is 6.54 Å². The standard InChI is InChI=1S/C9H17NO/c1-7(11)8-4-5-9(2,3)6-10-8/h8,10H,4-6H2,1-3H3. The number of ketones is 1. The van der Waals surface area contributed by atoms with Gasteiger partial charge >= 0.3 is 0 Å². The monoisotopic (exact) mass is 155 g/mol. The summed E-state index contributed by atoms with van der Waals surface area (Å²) >= 11 is 0. The molecule has 64 valence electrons. The van der Waals surface area contributed by atoms with E-state index in [2.05, 4.69) is 19.2 Å². The van der Waals surface area contributed by atoms with Gasteiger partial charge in [-0.15, -0.1) is 0 Å². The number of rotatable bonds is 1. The van der Waals surface area contributed by atoms with Crippen molar-refractivity contribution in [3.8, 4) is 0 Å². The Morgan fingerprint density at radius 2 is 2.18 bits per heavy atom. The molecule has 0 bridgehead atoms. The van der Waals surface area contributed by atoms with Gasteiger partial charge in [0.05, 0.1) is 6.04 Å². The first-order valence-corrected chi connectivity index (χ1v) is 4.25. The summed E-state index contributed by atoms with van der Waals surface area (Å²) in [4.78, 5) is 10.9. The highest BCUT2D eigenvalue weighted by molar-refractivity contribution is 5.81. The fourth-order valence-corrected chi connectivity index (χ4v) is 1.47. The summed E-state index contributed by atoms with van der Waals surface area (Å²) in [5.41, 5.74) is 0.381. The molecule has 0 radical (unpaired) electrons. The molecule has 2 heteroatoms. The lowest BCUT2D eigenvalue weighted by atomic mass is 9.82. The number of hydrogen-bond donors (Lipinski definition) is 1. The van der Waals surface area contributed by atoms with Gasteiger partial charge in [0.1, 0.15) is 5.78 Å². The normalized spacial score (nSPS) is 29.9. The number of nitrogens with one attached hydrogen (secondary N) is 1. The maximum atomic E-state index is 10.9. The number of hydrogen-bond acceptors (Lipinski definition) is 2. The Hall–Kier alpha value is -0.370. The molecule has 0 aromatic rings. The molecule has 0 aromatic carbocycles. The number of piperidine rings is 1. The zero-order valence-electron chi connectivity index (χ0n) is 7.61. The lowest BCUT2D eigenvalue weighted by Crippen LogP contribution is -2.46. The van der Waals surface area contributed by atoms with Crippen LogP contribution in [0.4, 0.5) is 0 Å². The second kappa shape index (κ2) is 2.94. The third kappa shape index (κ3) is 2.29. The Labute approximate surface area is 68.4 Å². The molecule has 1 aliphatic rings. The average Bonchev–Trinajstić information content (AvgIpc) is 1.86. The first-order chi connectivity index (χ1) is 5.01. The van der Waals surface area contributed by atoms with Crippen LogP contribution in [0.5, 0.6) is 0 Å². The highest BCUT2D eigenvalue weighted by Crippen LogP contribution is 2.26. The zero-order valence-corrected chi connectivity index (χ0v) is 7.61. The van der Waals surface area contributed by atoms with E-state index in [0.29, 0.717) is 5.41 Å². The highest BCUT2D eigenvalue weighted by Gasteiger charge is 2.27. The van der Waals surface area contributed by atoms with Crippen molar-refractivity contribution in [3.05, 3.63) is 0 Å². The molecule has 0 aliphatic carbocycles. The van der Waals surface area contributed by atoms with E-state index in [4.69, 9.17) is 0 Å². The van der Waals surface area contributed by atoms with Crippen molar-refractivity contribution >= 4 is 5.78 Å². The van der Waals surface area contributed by atoms with E-state index in [9.17, 15) is 4.79 Å². The van der Waals surface area contributed by atoms with Crippen molar-refractivity contribution in [3.63, 3.8) is 0 Å². The fraction of sp³-hybridized carbons (Fsp3) is 0.889. The van der Waals surface area contributed by atoms with Gasteiger partial charge in [-0.1, -0.05) is 13.8 Å². The Morgan fingerprint density at radius 1 is 1.55 bits per heavy atom. The van der Waals surface area contributed by atoms with Crippen LogP contribution in [0.1, 0.15) is 33.6 Å². The topological polar surface area (TPSA) is 29.1 Å². The lowest BCUT2D eigenvalue weighted by Gasteiger charge is -2.34. The van der Waals surface area contributed by atoms with Crippen LogP contribution in [-0.2, 0) is 4.79 Å². The second-order valence-electron chi connectivity index (χ2n) is 4.25. The van der Waals surface area contributed by atoms with E-state index in [1.165, 1.54) is 0 Å². The number of carbonyl (C=O) groups is 1. The molecular formula is C9H17NO. The smallest absolute Gasteiger partial charge is 0.146 e. The summed E-state index contributed by atoms with van der Waals surface area (Å²) in [6, 6.07) is 0.128. The molecule has 1 rings (SSSR count). The van der Waals surface area contributed by atoms with Gasteiger partial charge in [0.2, 0.25) is 0 Å². The van der Waals surface area contributed by atoms with E-state index in [1.807, 2.05) is 0 Å². The number of carbonyl (C=O) groups excluding carboxylic acids is 1. The molecule has 0 amide bonds. The fourth-order valence-electron chi connectivity index (χ4n) is 1.47. The molecule has 1 saturated heterocycles. The summed E-state index contributed by atoms with van der Waals surface area (Å²) in [6.07, 6.45) is 2.16. The third-order valence-corrected chi connectivity index (χ3v) is 2.43. The quantitative estimate of drug-likeness (QED) is 0.619. The summed E-state index contributed by atoms with van der Waals surface area (Å²) in [6.45, 7) is 7.10. The Morgan fingerprint density at radius 3 is 2.55 bits per heavy atom. The molecule has 1 aliphatic heterocycles. The van der Waals surface area contributed by atoms with Gasteiger partial charge in [-0.2, -0.15) is 0 Å². The van der Waals surface area contributed by atoms with E-state index in [1.54, 1.807) is 6.92 Å². The van der Waals surface area contributed by atoms with E-state index < -0.39 is 0 Å². The predicted molar refractivity (Wildman–Crippen MR) is 45.5 cm³/mol. The molecule has 0 spiro atoms. The molecule has 1 atom stereocenters. The largest absolute Gasteiger partial charge is 0.307 e. The molecule has 0 aromatic heterocycles. The zero-order chi connectivity index (χ0) is 8.48. The average molecular weight is 155 g/mol. The SMILES string of the molecule is CC(=O)C1CCC(C)(C)CN1. The predicted octanol–water partition coefficient (Wildman–Crippen LogP) is 1.35. The maximum Gasteiger partial charge on any atom is 0.146 e. The van der Waals surface area contributed by atoms with E-state index in [-0.39, 0.29) is 11.8 Å². The van der Waals surface area contributed by atoms with Crippen molar-refractivity contribution in [1.82, 2.24) is 5.32 Å². The lowest BCUT2D eigenvalue weighted by molar-refractivity contribution is -0.119. The summed E-state index contributed by atoms with van der Waals surface area (Å²) in [5.74, 6) is 0.278. The van der Waals surface area contributed by atoms with Crippen LogP contribution in [0.2, 0.25) is 0 Å². The minimum atomic E-state index is 0.128. The molecule has 11 heavy (non-hydrogen) atoms. The van der Waals surface area contributed by atoms with Gasteiger partial charge < -0.3 is 5.32 Å². The Bertz CT molecular complexity index is 153. The Balaban J connectivity index is 2.42. The van der Waals surface area contributed by atoms with Crippen molar-refractivity contribution in [1.29, 1.82) is 0 Å². The molecular weight excluding hydrogens is 138 g/mol. The second-order valence-corrected chi connectivity index (χ2v) is 4.25. The summed E-state index contributed by atoms with van der Waals surface area (Å²) < 4.78 is 0. The van der Waals surface area contributed by atoms with Crippen LogP contribution in [0.25, 0.3) is 0 Å². The van der Waals surface area contributed by atoms with E-state index >= 15 is 0 Å². The molecule has 1 heterocycles. The van der Waals surface area contributed by atoms with Crippen LogP contribution in [0.15, 0.2) is 0 Å². The first kappa shape index (κ1) is 8.72. The summed E-state index contributed by atoms with van der Waals surface area (Å²) in [7, 11) is 0. The summed E-state index contributed by atoms with van der Waals surface area (Å²) in [5, 5.41) is 3.26.